The van der Waals surface area contributed by atoms with Crippen LogP contribution in [0.1, 0.15) is 23.7 Å². The minimum absolute atomic E-state index is 0.00502. The second-order valence-electron chi connectivity index (χ2n) is 5.98. The van der Waals surface area contributed by atoms with Gasteiger partial charge in [0, 0.05) is 12.0 Å². The van der Waals surface area contributed by atoms with Gasteiger partial charge in [-0.1, -0.05) is 72.8 Å². The van der Waals surface area contributed by atoms with E-state index in [4.69, 9.17) is 0 Å². The molecule has 118 valence electrons. The van der Waals surface area contributed by atoms with Crippen molar-refractivity contribution in [3.8, 4) is 0 Å². The monoisotopic (exact) mass is 307 g/mol. The van der Waals surface area contributed by atoms with Crippen LogP contribution < -0.4 is 5.32 Å². The quantitative estimate of drug-likeness (QED) is 0.834. The van der Waals surface area contributed by atoms with Crippen molar-refractivity contribution < 1.29 is 9.90 Å². The summed E-state index contributed by atoms with van der Waals surface area (Å²) in [6.45, 7) is 0. The van der Waals surface area contributed by atoms with Gasteiger partial charge in [-0.25, -0.2) is 0 Å². The molecule has 3 rings (SSSR count). The lowest BCUT2D eigenvalue weighted by Gasteiger charge is -2.19. The van der Waals surface area contributed by atoms with Crippen LogP contribution in [0.5, 0.6) is 0 Å². The Kier molecular flexibility index (Phi) is 4.89. The standard InChI is InChI=1S/C20H21NO2/c22-19(13-15-7-3-1-4-8-15)21-18-12-11-17(14-18)20(23)16-9-5-2-6-10-16/h1-12,17-18,20,23H,13-14H2,(H,21,22)/t17-,18-,20?/m1/s1. The molecule has 0 heterocycles. The maximum absolute atomic E-state index is 12.1. The number of hydrogen-bond acceptors (Lipinski definition) is 2. The third-order valence-electron chi connectivity index (χ3n) is 4.22. The second kappa shape index (κ2) is 7.25. The number of benzene rings is 2. The van der Waals surface area contributed by atoms with Gasteiger partial charge in [0.25, 0.3) is 0 Å². The molecule has 0 spiro atoms. The molecule has 2 aromatic rings. The number of aliphatic hydroxyl groups excluding tert-OH is 1. The molecule has 0 saturated heterocycles. The minimum Gasteiger partial charge on any atom is -0.388 e. The third-order valence-corrected chi connectivity index (χ3v) is 4.22. The summed E-state index contributed by atoms with van der Waals surface area (Å²) in [6.07, 6.45) is 4.59. The SMILES string of the molecule is O=C(Cc1ccccc1)N[C@@H]1C=C[C@@H](C(O)c2ccccc2)C1. The Balaban J connectivity index is 1.52. The lowest BCUT2D eigenvalue weighted by Crippen LogP contribution is -2.34. The Labute approximate surface area is 136 Å². The number of rotatable bonds is 5. The Hall–Kier alpha value is -2.39. The number of amides is 1. The molecule has 2 N–H and O–H groups in total. The van der Waals surface area contributed by atoms with Gasteiger partial charge < -0.3 is 10.4 Å². The van der Waals surface area contributed by atoms with Gasteiger partial charge in [0.15, 0.2) is 0 Å². The molecule has 0 radical (unpaired) electrons. The van der Waals surface area contributed by atoms with E-state index in [9.17, 15) is 9.90 Å². The van der Waals surface area contributed by atoms with Gasteiger partial charge in [-0.3, -0.25) is 4.79 Å². The highest BCUT2D eigenvalue weighted by Gasteiger charge is 2.26. The van der Waals surface area contributed by atoms with Crippen LogP contribution in [0.15, 0.2) is 72.8 Å². The van der Waals surface area contributed by atoms with Gasteiger partial charge in [0.05, 0.1) is 12.5 Å². The molecule has 0 fully saturated rings. The first-order valence-corrected chi connectivity index (χ1v) is 7.97. The van der Waals surface area contributed by atoms with Gasteiger partial charge in [-0.05, 0) is 17.5 Å². The van der Waals surface area contributed by atoms with Crippen LogP contribution in [0.2, 0.25) is 0 Å². The number of nitrogens with one attached hydrogen (secondary N) is 1. The van der Waals surface area contributed by atoms with Crippen molar-refractivity contribution in [3.05, 3.63) is 83.9 Å². The van der Waals surface area contributed by atoms with Crippen LogP contribution in [0.3, 0.4) is 0 Å². The van der Waals surface area contributed by atoms with Crippen LogP contribution in [0.25, 0.3) is 0 Å². The number of hydrogen-bond donors (Lipinski definition) is 2. The zero-order valence-electron chi connectivity index (χ0n) is 12.9. The van der Waals surface area contributed by atoms with E-state index in [1.165, 1.54) is 0 Å². The molecule has 3 heteroatoms. The first kappa shape index (κ1) is 15.5. The highest BCUT2D eigenvalue weighted by atomic mass is 16.3. The van der Waals surface area contributed by atoms with Gasteiger partial charge in [-0.15, -0.1) is 0 Å². The van der Waals surface area contributed by atoms with Gasteiger partial charge in [-0.2, -0.15) is 0 Å². The van der Waals surface area contributed by atoms with E-state index >= 15 is 0 Å². The Morgan fingerprint density at radius 1 is 1.04 bits per heavy atom. The second-order valence-corrected chi connectivity index (χ2v) is 5.98. The lowest BCUT2D eigenvalue weighted by atomic mass is 9.94. The summed E-state index contributed by atoms with van der Waals surface area (Å²) < 4.78 is 0. The van der Waals surface area contributed by atoms with E-state index < -0.39 is 6.10 Å². The summed E-state index contributed by atoms with van der Waals surface area (Å²) in [4.78, 5) is 12.1. The predicted octanol–water partition coefficient (Wildman–Crippen LogP) is 3.02. The van der Waals surface area contributed by atoms with Gasteiger partial charge in [0.2, 0.25) is 5.91 Å². The van der Waals surface area contributed by atoms with Crippen LogP contribution in [-0.4, -0.2) is 17.1 Å². The first-order chi connectivity index (χ1) is 11.2. The van der Waals surface area contributed by atoms with E-state index in [0.29, 0.717) is 6.42 Å². The molecule has 2 aromatic carbocycles. The minimum atomic E-state index is -0.525. The van der Waals surface area contributed by atoms with Crippen molar-refractivity contribution in [1.29, 1.82) is 0 Å². The Morgan fingerprint density at radius 3 is 2.39 bits per heavy atom. The summed E-state index contributed by atoms with van der Waals surface area (Å²) in [5.41, 5.74) is 1.92. The first-order valence-electron chi connectivity index (χ1n) is 7.97. The number of aliphatic hydroxyl groups is 1. The zero-order chi connectivity index (χ0) is 16.1. The molecule has 1 amide bonds. The van der Waals surface area contributed by atoms with Crippen molar-refractivity contribution in [3.63, 3.8) is 0 Å². The van der Waals surface area contributed by atoms with Gasteiger partial charge >= 0.3 is 0 Å². The summed E-state index contributed by atoms with van der Waals surface area (Å²) in [7, 11) is 0. The fourth-order valence-corrected chi connectivity index (χ4v) is 3.00. The highest BCUT2D eigenvalue weighted by Crippen LogP contribution is 2.31. The maximum atomic E-state index is 12.1. The van der Waals surface area contributed by atoms with E-state index in [2.05, 4.69) is 5.32 Å². The highest BCUT2D eigenvalue weighted by molar-refractivity contribution is 5.79. The third kappa shape index (κ3) is 4.08. The van der Waals surface area contributed by atoms with Crippen molar-refractivity contribution in [2.75, 3.05) is 0 Å². The molecular formula is C20H21NO2. The molecule has 0 bridgehead atoms. The molecule has 23 heavy (non-hydrogen) atoms. The molecule has 0 aromatic heterocycles. The molecule has 0 aliphatic heterocycles. The Morgan fingerprint density at radius 2 is 1.70 bits per heavy atom. The van der Waals surface area contributed by atoms with Crippen LogP contribution in [0, 0.1) is 5.92 Å². The van der Waals surface area contributed by atoms with Crippen molar-refractivity contribution >= 4 is 5.91 Å². The molecule has 3 atom stereocenters. The van der Waals surface area contributed by atoms with Crippen LogP contribution >= 0.6 is 0 Å². The Bertz CT molecular complexity index is 667. The average Bonchev–Trinajstić information content (AvgIpc) is 3.04. The molecule has 1 aliphatic carbocycles. The fraction of sp³-hybridized carbons (Fsp3) is 0.250. The number of carbonyl (C=O) groups is 1. The predicted molar refractivity (Wildman–Crippen MR) is 90.7 cm³/mol. The van der Waals surface area contributed by atoms with Crippen LogP contribution in [-0.2, 0) is 11.2 Å². The number of carbonyl (C=O) groups excluding carboxylic acids is 1. The van der Waals surface area contributed by atoms with E-state index in [1.807, 2.05) is 72.8 Å². The fourth-order valence-electron chi connectivity index (χ4n) is 3.00. The summed E-state index contributed by atoms with van der Waals surface area (Å²) in [6, 6.07) is 19.4. The molecule has 0 saturated carbocycles. The van der Waals surface area contributed by atoms with E-state index in [1.54, 1.807) is 0 Å². The summed E-state index contributed by atoms with van der Waals surface area (Å²) in [5, 5.41) is 13.5. The van der Waals surface area contributed by atoms with Crippen molar-refractivity contribution in [2.24, 2.45) is 5.92 Å². The van der Waals surface area contributed by atoms with Crippen molar-refractivity contribution in [2.45, 2.75) is 25.0 Å². The summed E-state index contributed by atoms with van der Waals surface area (Å²) >= 11 is 0. The lowest BCUT2D eigenvalue weighted by molar-refractivity contribution is -0.120. The molecular weight excluding hydrogens is 286 g/mol. The van der Waals surface area contributed by atoms with Gasteiger partial charge in [0.1, 0.15) is 0 Å². The molecule has 1 aliphatic rings. The molecule has 3 nitrogen and oxygen atoms in total. The van der Waals surface area contributed by atoms with E-state index in [-0.39, 0.29) is 17.9 Å². The largest absolute Gasteiger partial charge is 0.388 e. The molecule has 1 unspecified atom stereocenters. The smallest absolute Gasteiger partial charge is 0.224 e. The topological polar surface area (TPSA) is 49.3 Å². The van der Waals surface area contributed by atoms with E-state index in [0.717, 1.165) is 17.5 Å². The maximum Gasteiger partial charge on any atom is 0.224 e. The van der Waals surface area contributed by atoms with Crippen molar-refractivity contribution in [1.82, 2.24) is 5.32 Å². The zero-order valence-corrected chi connectivity index (χ0v) is 12.9. The summed E-state index contributed by atoms with van der Waals surface area (Å²) in [5.74, 6) is 0.0557. The van der Waals surface area contributed by atoms with Crippen LogP contribution in [0.4, 0.5) is 0 Å². The normalized spacial score (nSPS) is 21.1. The average molecular weight is 307 g/mol.